The summed E-state index contributed by atoms with van der Waals surface area (Å²) in [6.45, 7) is 0.984. The van der Waals surface area contributed by atoms with E-state index in [-0.39, 0.29) is 12.0 Å². The van der Waals surface area contributed by atoms with Gasteiger partial charge in [-0.25, -0.2) is 9.97 Å². The topological polar surface area (TPSA) is 84.2 Å². The highest BCUT2D eigenvalue weighted by molar-refractivity contribution is 5.97. The molecular formula is C22H20N4O3. The second-order valence-electron chi connectivity index (χ2n) is 7.05. The number of fused-ring (bicyclic) bond motifs is 2. The van der Waals surface area contributed by atoms with Crippen LogP contribution >= 0.6 is 0 Å². The van der Waals surface area contributed by atoms with Crippen molar-refractivity contribution in [2.45, 2.75) is 19.1 Å². The van der Waals surface area contributed by atoms with E-state index in [9.17, 15) is 4.79 Å². The summed E-state index contributed by atoms with van der Waals surface area (Å²) >= 11 is 0. The first kappa shape index (κ1) is 17.6. The first-order valence-electron chi connectivity index (χ1n) is 9.52. The van der Waals surface area contributed by atoms with E-state index in [1.165, 1.54) is 0 Å². The molecule has 5 rings (SSSR count). The average molecular weight is 388 g/mol. The predicted molar refractivity (Wildman–Crippen MR) is 106 cm³/mol. The number of aromatic amines is 1. The number of ether oxygens (including phenoxy) is 1. The lowest BCUT2D eigenvalue weighted by Crippen LogP contribution is -2.36. The van der Waals surface area contributed by atoms with Crippen molar-refractivity contribution in [3.05, 3.63) is 83.3 Å². The molecule has 0 bridgehead atoms. The van der Waals surface area contributed by atoms with Crippen LogP contribution in [0.5, 0.6) is 0 Å². The number of pyridine rings is 1. The van der Waals surface area contributed by atoms with Gasteiger partial charge >= 0.3 is 0 Å². The minimum Gasteiger partial charge on any atom is -0.442 e. The molecule has 7 nitrogen and oxygen atoms in total. The molecule has 7 heteroatoms. The quantitative estimate of drug-likeness (QED) is 0.579. The molecular weight excluding hydrogens is 368 g/mol. The lowest BCUT2D eigenvalue weighted by Gasteiger charge is -2.24. The number of carbonyl (C=O) groups is 1. The number of methoxy groups -OCH3 is 1. The molecule has 0 spiro atoms. The molecule has 4 aromatic rings. The molecule has 0 fully saturated rings. The maximum Gasteiger partial charge on any atom is 0.270 e. The van der Waals surface area contributed by atoms with Gasteiger partial charge in [-0.3, -0.25) is 4.79 Å². The zero-order chi connectivity index (χ0) is 19.8. The molecule has 0 radical (unpaired) electrons. The molecule has 0 aliphatic carbocycles. The highest BCUT2D eigenvalue weighted by Crippen LogP contribution is 2.29. The summed E-state index contributed by atoms with van der Waals surface area (Å²) in [6.07, 6.45) is 1.96. The average Bonchev–Trinajstić information content (AvgIpc) is 3.38. The number of amides is 1. The summed E-state index contributed by atoms with van der Waals surface area (Å²) in [5.41, 5.74) is 3.01. The van der Waals surface area contributed by atoms with Crippen LogP contribution in [-0.4, -0.2) is 39.4 Å². The van der Waals surface area contributed by atoms with Crippen LogP contribution in [-0.2, 0) is 17.7 Å². The highest BCUT2D eigenvalue weighted by atomic mass is 16.5. The Morgan fingerprint density at radius 2 is 2.10 bits per heavy atom. The van der Waals surface area contributed by atoms with Crippen molar-refractivity contribution in [1.29, 1.82) is 0 Å². The summed E-state index contributed by atoms with van der Waals surface area (Å²) in [5.74, 6) is 1.28. The van der Waals surface area contributed by atoms with Crippen LogP contribution in [0.25, 0.3) is 11.0 Å². The van der Waals surface area contributed by atoms with Gasteiger partial charge in [-0.05, 0) is 23.8 Å². The van der Waals surface area contributed by atoms with Gasteiger partial charge in [0.1, 0.15) is 22.8 Å². The van der Waals surface area contributed by atoms with Crippen LogP contribution in [0.3, 0.4) is 0 Å². The Labute approximate surface area is 167 Å². The molecule has 29 heavy (non-hydrogen) atoms. The van der Waals surface area contributed by atoms with E-state index in [0.717, 1.165) is 22.4 Å². The molecule has 1 atom stereocenters. The molecule has 1 aliphatic rings. The number of nitrogens with zero attached hydrogens (tertiary/aromatic N) is 3. The summed E-state index contributed by atoms with van der Waals surface area (Å²) < 4.78 is 11.6. The largest absolute Gasteiger partial charge is 0.442 e. The van der Waals surface area contributed by atoms with Crippen LogP contribution in [0.1, 0.15) is 39.5 Å². The van der Waals surface area contributed by atoms with Crippen LogP contribution in [0.4, 0.5) is 0 Å². The highest BCUT2D eigenvalue weighted by Gasteiger charge is 2.29. The second-order valence-corrected chi connectivity index (χ2v) is 7.05. The van der Waals surface area contributed by atoms with E-state index < -0.39 is 0 Å². The number of nitrogens with one attached hydrogen (secondary N) is 1. The maximum atomic E-state index is 13.0. The molecule has 146 valence electrons. The van der Waals surface area contributed by atoms with Crippen molar-refractivity contribution < 1.29 is 13.9 Å². The normalized spacial score (nSPS) is 14.7. The van der Waals surface area contributed by atoms with Gasteiger partial charge in [0.25, 0.3) is 5.91 Å². The number of oxazole rings is 1. The van der Waals surface area contributed by atoms with Crippen LogP contribution in [0.2, 0.25) is 0 Å². The van der Waals surface area contributed by atoms with Crippen molar-refractivity contribution >= 4 is 16.9 Å². The van der Waals surface area contributed by atoms with E-state index in [1.807, 2.05) is 48.5 Å². The van der Waals surface area contributed by atoms with Crippen LogP contribution < -0.4 is 0 Å². The van der Waals surface area contributed by atoms with Gasteiger partial charge < -0.3 is 19.0 Å². The molecule has 0 saturated heterocycles. The van der Waals surface area contributed by atoms with Crippen LogP contribution in [0, 0.1) is 0 Å². The zero-order valence-corrected chi connectivity index (χ0v) is 16.0. The Morgan fingerprint density at radius 3 is 2.90 bits per heavy atom. The number of H-pyrrole nitrogens is 1. The van der Waals surface area contributed by atoms with Gasteiger partial charge in [0.15, 0.2) is 6.10 Å². The number of hydrogen-bond donors (Lipinski definition) is 1. The molecule has 1 amide bonds. The van der Waals surface area contributed by atoms with Crippen LogP contribution in [0.15, 0.2) is 59.1 Å². The fourth-order valence-electron chi connectivity index (χ4n) is 3.75. The third kappa shape index (κ3) is 3.19. The van der Waals surface area contributed by atoms with Crippen molar-refractivity contribution in [2.75, 3.05) is 13.7 Å². The number of aromatic nitrogens is 3. The van der Waals surface area contributed by atoms with Crippen molar-refractivity contribution in [2.24, 2.45) is 0 Å². The Hall–Kier alpha value is -3.45. The van der Waals surface area contributed by atoms with Gasteiger partial charge in [0.05, 0.1) is 6.54 Å². The molecule has 1 unspecified atom stereocenters. The molecule has 1 aliphatic heterocycles. The summed E-state index contributed by atoms with van der Waals surface area (Å²) in [6, 6.07) is 15.5. The van der Waals surface area contributed by atoms with Gasteiger partial charge in [0.2, 0.25) is 5.89 Å². The Morgan fingerprint density at radius 1 is 1.24 bits per heavy atom. The smallest absolute Gasteiger partial charge is 0.270 e. The van der Waals surface area contributed by atoms with Gasteiger partial charge in [0, 0.05) is 31.7 Å². The lowest BCUT2D eigenvalue weighted by atomic mass is 10.1. The first-order valence-corrected chi connectivity index (χ1v) is 9.52. The van der Waals surface area contributed by atoms with Gasteiger partial charge in [-0.2, -0.15) is 0 Å². The molecule has 0 saturated carbocycles. The standard InChI is InChI=1S/C22H20N4O3/c1-28-19(14-6-3-2-4-7-14)21-25-17-13-26(11-9-18(17)29-21)22(27)16-12-15-8-5-10-23-20(15)24-16/h2-8,10,12,19H,9,11,13H2,1H3,(H,23,24). The van der Waals surface area contributed by atoms with Crippen molar-refractivity contribution in [3.63, 3.8) is 0 Å². The Bertz CT molecular complexity index is 1130. The molecule has 1 aromatic carbocycles. The summed E-state index contributed by atoms with van der Waals surface area (Å²) in [4.78, 5) is 26.8. The molecule has 1 N–H and O–H groups in total. The number of benzene rings is 1. The zero-order valence-electron chi connectivity index (χ0n) is 16.0. The fraction of sp³-hybridized carbons (Fsp3) is 0.227. The third-order valence-corrected chi connectivity index (χ3v) is 5.22. The number of hydrogen-bond acceptors (Lipinski definition) is 5. The number of carbonyl (C=O) groups excluding carboxylic acids is 1. The maximum absolute atomic E-state index is 13.0. The summed E-state index contributed by atoms with van der Waals surface area (Å²) in [7, 11) is 1.64. The fourth-order valence-corrected chi connectivity index (χ4v) is 3.75. The predicted octanol–water partition coefficient (Wildman–Crippen LogP) is 3.49. The lowest BCUT2D eigenvalue weighted by molar-refractivity contribution is 0.0722. The van der Waals surface area contributed by atoms with Gasteiger partial charge in [-0.1, -0.05) is 30.3 Å². The third-order valence-electron chi connectivity index (χ3n) is 5.22. The number of rotatable bonds is 4. The molecule has 3 aromatic heterocycles. The second kappa shape index (κ2) is 7.18. The van der Waals surface area contributed by atoms with Crippen molar-refractivity contribution in [1.82, 2.24) is 19.9 Å². The monoisotopic (exact) mass is 388 g/mol. The van der Waals surface area contributed by atoms with Gasteiger partial charge in [-0.15, -0.1) is 0 Å². The minimum absolute atomic E-state index is 0.0652. The van der Waals surface area contributed by atoms with E-state index in [2.05, 4.69) is 15.0 Å². The first-order chi connectivity index (χ1) is 14.2. The van der Waals surface area contributed by atoms with E-state index in [4.69, 9.17) is 9.15 Å². The van der Waals surface area contributed by atoms with Crippen molar-refractivity contribution in [3.8, 4) is 0 Å². The Kier molecular flexibility index (Phi) is 4.37. The SMILES string of the molecule is COC(c1ccccc1)c1nc2c(o1)CCN(C(=O)c1cc3cccnc3[nH]1)C2. The molecule has 4 heterocycles. The van der Waals surface area contributed by atoms with E-state index in [0.29, 0.717) is 36.7 Å². The summed E-state index contributed by atoms with van der Waals surface area (Å²) in [5, 5.41) is 0.920. The Balaban J connectivity index is 1.39. The minimum atomic E-state index is -0.370. The van der Waals surface area contributed by atoms with E-state index in [1.54, 1.807) is 18.2 Å². The van der Waals surface area contributed by atoms with E-state index >= 15 is 0 Å².